The van der Waals surface area contributed by atoms with E-state index in [4.69, 9.17) is 15.2 Å². The molecule has 3 amide bonds. The number of benzene rings is 2. The van der Waals surface area contributed by atoms with Gasteiger partial charge in [0, 0.05) is 17.3 Å². The van der Waals surface area contributed by atoms with Crippen LogP contribution in [0.4, 0.5) is 5.69 Å². The zero-order chi connectivity index (χ0) is 21.4. The van der Waals surface area contributed by atoms with Gasteiger partial charge in [0.25, 0.3) is 11.8 Å². The fourth-order valence-corrected chi connectivity index (χ4v) is 2.59. The van der Waals surface area contributed by atoms with Crippen LogP contribution in [-0.4, -0.2) is 37.5 Å². The van der Waals surface area contributed by atoms with Crippen molar-refractivity contribution in [1.82, 2.24) is 5.32 Å². The van der Waals surface area contributed by atoms with Gasteiger partial charge in [0.05, 0.1) is 7.11 Å². The van der Waals surface area contributed by atoms with Gasteiger partial charge in [-0.25, -0.2) is 0 Å². The Morgan fingerprint density at radius 2 is 1.72 bits per heavy atom. The van der Waals surface area contributed by atoms with Crippen molar-refractivity contribution in [3.05, 3.63) is 54.1 Å². The van der Waals surface area contributed by atoms with Crippen LogP contribution in [0, 0.1) is 5.92 Å². The maximum absolute atomic E-state index is 12.8. The summed E-state index contributed by atoms with van der Waals surface area (Å²) in [5, 5.41) is 5.52. The van der Waals surface area contributed by atoms with Crippen LogP contribution in [-0.2, 0) is 9.59 Å². The highest BCUT2D eigenvalue weighted by atomic mass is 16.5. The molecule has 0 aromatic heterocycles. The molecular weight excluding hydrogens is 374 g/mol. The number of ether oxygens (including phenoxy) is 2. The molecule has 0 bridgehead atoms. The van der Waals surface area contributed by atoms with Crippen LogP contribution in [0.5, 0.6) is 11.5 Å². The number of hydrogen-bond donors (Lipinski definition) is 3. The van der Waals surface area contributed by atoms with Gasteiger partial charge < -0.3 is 25.8 Å². The van der Waals surface area contributed by atoms with Crippen LogP contribution in [0.25, 0.3) is 0 Å². The molecule has 29 heavy (non-hydrogen) atoms. The summed E-state index contributed by atoms with van der Waals surface area (Å²) in [5.74, 6) is -0.841. The van der Waals surface area contributed by atoms with E-state index in [1.165, 1.54) is 13.2 Å². The molecule has 2 aromatic carbocycles. The lowest BCUT2D eigenvalue weighted by Gasteiger charge is -2.22. The molecule has 0 radical (unpaired) electrons. The minimum absolute atomic E-state index is 0.147. The highest BCUT2D eigenvalue weighted by molar-refractivity contribution is 6.01. The standard InChI is InChI=1S/C21H25N3O5/c1-13(2)19(24-20(26)14-7-5-4-6-8-14)21(27)23-15-9-10-16(28-3)17(11-15)29-12-18(22)25/h4-11,13,19H,12H2,1-3H3,(H2,22,25)(H,23,27)(H,24,26). The molecule has 154 valence electrons. The lowest BCUT2D eigenvalue weighted by Crippen LogP contribution is -2.47. The maximum atomic E-state index is 12.8. The molecule has 0 heterocycles. The van der Waals surface area contributed by atoms with E-state index in [0.717, 1.165) is 0 Å². The second kappa shape index (κ2) is 10.1. The van der Waals surface area contributed by atoms with Crippen LogP contribution in [0.3, 0.4) is 0 Å². The number of rotatable bonds is 9. The summed E-state index contributed by atoms with van der Waals surface area (Å²) in [6, 6.07) is 12.7. The van der Waals surface area contributed by atoms with E-state index in [1.807, 2.05) is 19.9 Å². The summed E-state index contributed by atoms with van der Waals surface area (Å²) in [7, 11) is 1.46. The largest absolute Gasteiger partial charge is 0.493 e. The summed E-state index contributed by atoms with van der Waals surface area (Å²) in [4.78, 5) is 36.2. The molecule has 0 saturated heterocycles. The Bertz CT molecular complexity index is 868. The highest BCUT2D eigenvalue weighted by Gasteiger charge is 2.25. The number of methoxy groups -OCH3 is 1. The van der Waals surface area contributed by atoms with E-state index in [1.54, 1.807) is 36.4 Å². The van der Waals surface area contributed by atoms with E-state index in [0.29, 0.717) is 17.0 Å². The number of amides is 3. The molecular formula is C21H25N3O5. The van der Waals surface area contributed by atoms with Gasteiger partial charge >= 0.3 is 0 Å². The van der Waals surface area contributed by atoms with E-state index in [-0.39, 0.29) is 30.1 Å². The molecule has 1 atom stereocenters. The molecule has 8 heteroatoms. The third-order valence-electron chi connectivity index (χ3n) is 4.07. The van der Waals surface area contributed by atoms with Crippen molar-refractivity contribution in [2.75, 3.05) is 19.0 Å². The predicted octanol–water partition coefficient (Wildman–Crippen LogP) is 1.95. The zero-order valence-corrected chi connectivity index (χ0v) is 16.6. The van der Waals surface area contributed by atoms with Crippen molar-refractivity contribution >= 4 is 23.4 Å². The number of carbonyl (C=O) groups is 3. The van der Waals surface area contributed by atoms with Crippen LogP contribution < -0.4 is 25.8 Å². The number of primary amides is 1. The van der Waals surface area contributed by atoms with Crippen molar-refractivity contribution in [3.63, 3.8) is 0 Å². The Morgan fingerprint density at radius 3 is 2.31 bits per heavy atom. The molecule has 0 aliphatic heterocycles. The van der Waals surface area contributed by atoms with E-state index < -0.39 is 11.9 Å². The van der Waals surface area contributed by atoms with Crippen molar-refractivity contribution in [3.8, 4) is 11.5 Å². The van der Waals surface area contributed by atoms with Crippen LogP contribution in [0.2, 0.25) is 0 Å². The van der Waals surface area contributed by atoms with Gasteiger partial charge in [-0.2, -0.15) is 0 Å². The molecule has 0 spiro atoms. The van der Waals surface area contributed by atoms with E-state index in [2.05, 4.69) is 10.6 Å². The van der Waals surface area contributed by atoms with Crippen LogP contribution in [0.1, 0.15) is 24.2 Å². The highest BCUT2D eigenvalue weighted by Crippen LogP contribution is 2.30. The molecule has 0 saturated carbocycles. The zero-order valence-electron chi connectivity index (χ0n) is 16.6. The fraction of sp³-hybridized carbons (Fsp3) is 0.286. The van der Waals surface area contributed by atoms with Gasteiger partial charge in [0.2, 0.25) is 5.91 Å². The number of nitrogens with two attached hydrogens (primary N) is 1. The number of hydrogen-bond acceptors (Lipinski definition) is 5. The van der Waals surface area contributed by atoms with Crippen LogP contribution in [0.15, 0.2) is 48.5 Å². The minimum Gasteiger partial charge on any atom is -0.493 e. The van der Waals surface area contributed by atoms with Gasteiger partial charge in [0.15, 0.2) is 18.1 Å². The number of anilines is 1. The van der Waals surface area contributed by atoms with Crippen molar-refractivity contribution in [2.45, 2.75) is 19.9 Å². The molecule has 1 unspecified atom stereocenters. The van der Waals surface area contributed by atoms with Crippen molar-refractivity contribution in [1.29, 1.82) is 0 Å². The summed E-state index contributed by atoms with van der Waals surface area (Å²) in [6.07, 6.45) is 0. The van der Waals surface area contributed by atoms with E-state index >= 15 is 0 Å². The summed E-state index contributed by atoms with van der Waals surface area (Å²) in [6.45, 7) is 3.35. The average Bonchev–Trinajstić information content (AvgIpc) is 2.70. The lowest BCUT2D eigenvalue weighted by molar-refractivity contribution is -0.120. The first-order valence-electron chi connectivity index (χ1n) is 9.07. The molecule has 2 rings (SSSR count). The molecule has 0 aliphatic rings. The Morgan fingerprint density at radius 1 is 1.03 bits per heavy atom. The average molecular weight is 399 g/mol. The molecule has 8 nitrogen and oxygen atoms in total. The van der Waals surface area contributed by atoms with Crippen molar-refractivity contribution < 1.29 is 23.9 Å². The van der Waals surface area contributed by atoms with Gasteiger partial charge in [-0.05, 0) is 30.2 Å². The second-order valence-corrected chi connectivity index (χ2v) is 6.67. The quantitative estimate of drug-likeness (QED) is 0.595. The maximum Gasteiger partial charge on any atom is 0.255 e. The summed E-state index contributed by atoms with van der Waals surface area (Å²) in [5.41, 5.74) is 6.00. The SMILES string of the molecule is COc1ccc(NC(=O)C(NC(=O)c2ccccc2)C(C)C)cc1OCC(N)=O. The fourth-order valence-electron chi connectivity index (χ4n) is 2.59. The monoisotopic (exact) mass is 399 g/mol. The van der Waals surface area contributed by atoms with E-state index in [9.17, 15) is 14.4 Å². The van der Waals surface area contributed by atoms with Crippen LogP contribution >= 0.6 is 0 Å². The normalized spacial score (nSPS) is 11.4. The first kappa shape index (κ1) is 21.7. The number of nitrogens with one attached hydrogen (secondary N) is 2. The molecule has 0 fully saturated rings. The van der Waals surface area contributed by atoms with Gasteiger partial charge in [-0.15, -0.1) is 0 Å². The smallest absolute Gasteiger partial charge is 0.255 e. The second-order valence-electron chi connectivity index (χ2n) is 6.67. The Kier molecular flexibility index (Phi) is 7.59. The third kappa shape index (κ3) is 6.24. The Hall–Kier alpha value is -3.55. The first-order valence-corrected chi connectivity index (χ1v) is 9.07. The molecule has 2 aromatic rings. The Balaban J connectivity index is 2.13. The number of carbonyl (C=O) groups excluding carboxylic acids is 3. The third-order valence-corrected chi connectivity index (χ3v) is 4.07. The van der Waals surface area contributed by atoms with Gasteiger partial charge in [-0.1, -0.05) is 32.0 Å². The molecule has 0 aliphatic carbocycles. The first-order chi connectivity index (χ1) is 13.8. The minimum atomic E-state index is -0.750. The topological polar surface area (TPSA) is 120 Å². The van der Waals surface area contributed by atoms with Crippen molar-refractivity contribution in [2.24, 2.45) is 11.7 Å². The van der Waals surface area contributed by atoms with Gasteiger partial charge in [0.1, 0.15) is 6.04 Å². The predicted molar refractivity (Wildman–Crippen MR) is 109 cm³/mol. The van der Waals surface area contributed by atoms with Gasteiger partial charge in [-0.3, -0.25) is 14.4 Å². The summed E-state index contributed by atoms with van der Waals surface area (Å²) >= 11 is 0. The molecule has 4 N–H and O–H groups in total. The summed E-state index contributed by atoms with van der Waals surface area (Å²) < 4.78 is 10.5. The lowest BCUT2D eigenvalue weighted by atomic mass is 10.0. The Labute approximate surface area is 169 Å².